The van der Waals surface area contributed by atoms with Crippen molar-refractivity contribution in [2.45, 2.75) is 50.5 Å². The predicted octanol–water partition coefficient (Wildman–Crippen LogP) is 2.39. The molecule has 1 saturated heterocycles. The van der Waals surface area contributed by atoms with Crippen molar-refractivity contribution in [3.8, 4) is 0 Å². The van der Waals surface area contributed by atoms with E-state index in [1.807, 2.05) is 4.90 Å². The molecule has 6 heteroatoms. The number of amides is 1. The summed E-state index contributed by atoms with van der Waals surface area (Å²) in [5.41, 5.74) is 0.438. The molecule has 1 aromatic rings. The van der Waals surface area contributed by atoms with Gasteiger partial charge in [0.1, 0.15) is 0 Å². The zero-order valence-electron chi connectivity index (χ0n) is 13.2. The van der Waals surface area contributed by atoms with Gasteiger partial charge in [0.25, 0.3) is 5.91 Å². The first-order valence-corrected chi connectivity index (χ1v) is 9.30. The van der Waals surface area contributed by atoms with Crippen molar-refractivity contribution in [3.63, 3.8) is 0 Å². The summed E-state index contributed by atoms with van der Waals surface area (Å²) >= 11 is 0. The number of carbonyl (C=O) groups is 1. The third-order valence-electron chi connectivity index (χ3n) is 3.68. The molecule has 1 aromatic carbocycles. The van der Waals surface area contributed by atoms with E-state index in [-0.39, 0.29) is 16.8 Å². The van der Waals surface area contributed by atoms with Crippen molar-refractivity contribution in [1.82, 2.24) is 9.62 Å². The van der Waals surface area contributed by atoms with Crippen LogP contribution in [0.5, 0.6) is 0 Å². The van der Waals surface area contributed by atoms with Gasteiger partial charge < -0.3 is 4.90 Å². The number of hydrogen-bond acceptors (Lipinski definition) is 3. The Morgan fingerprint density at radius 1 is 1.14 bits per heavy atom. The Hall–Kier alpha value is -1.40. The minimum atomic E-state index is -3.57. The van der Waals surface area contributed by atoms with E-state index in [2.05, 4.69) is 4.72 Å². The van der Waals surface area contributed by atoms with Gasteiger partial charge in [0.05, 0.1) is 4.90 Å². The van der Waals surface area contributed by atoms with Gasteiger partial charge in [-0.1, -0.05) is 18.9 Å². The number of sulfonamides is 1. The molecule has 0 aromatic heterocycles. The van der Waals surface area contributed by atoms with Gasteiger partial charge in [0.15, 0.2) is 0 Å². The fraction of sp³-hybridized carbons (Fsp3) is 0.562. The van der Waals surface area contributed by atoms with Crippen LogP contribution in [-0.2, 0) is 10.0 Å². The summed E-state index contributed by atoms with van der Waals surface area (Å²) in [5, 5.41) is 0. The molecule has 1 aliphatic heterocycles. The molecule has 1 N–H and O–H groups in total. The van der Waals surface area contributed by atoms with Gasteiger partial charge in [-0.3, -0.25) is 4.79 Å². The maximum atomic E-state index is 12.6. The van der Waals surface area contributed by atoms with Gasteiger partial charge in [-0.2, -0.15) is 0 Å². The number of carbonyl (C=O) groups excluding carboxylic acids is 1. The number of rotatable bonds is 4. The van der Waals surface area contributed by atoms with E-state index in [0.29, 0.717) is 5.56 Å². The van der Waals surface area contributed by atoms with Crippen LogP contribution in [0, 0.1) is 0 Å². The highest BCUT2D eigenvalue weighted by Crippen LogP contribution is 2.16. The van der Waals surface area contributed by atoms with E-state index in [4.69, 9.17) is 0 Å². The van der Waals surface area contributed by atoms with Crippen LogP contribution in [0.25, 0.3) is 0 Å². The number of benzene rings is 1. The van der Waals surface area contributed by atoms with Crippen molar-refractivity contribution in [3.05, 3.63) is 29.8 Å². The van der Waals surface area contributed by atoms with E-state index < -0.39 is 10.0 Å². The molecule has 122 valence electrons. The Balaban J connectivity index is 2.22. The molecule has 0 unspecified atom stereocenters. The number of hydrogen-bond donors (Lipinski definition) is 1. The predicted molar refractivity (Wildman–Crippen MR) is 86.3 cm³/mol. The quantitative estimate of drug-likeness (QED) is 0.925. The molecule has 0 bridgehead atoms. The second-order valence-corrected chi connectivity index (χ2v) is 7.72. The van der Waals surface area contributed by atoms with Crippen molar-refractivity contribution < 1.29 is 13.2 Å². The van der Waals surface area contributed by atoms with Crippen LogP contribution in [0.1, 0.15) is 49.9 Å². The molecule has 0 saturated carbocycles. The summed E-state index contributed by atoms with van der Waals surface area (Å²) in [6, 6.07) is 6.11. The Kier molecular flexibility index (Phi) is 5.58. The van der Waals surface area contributed by atoms with E-state index in [0.717, 1.165) is 38.8 Å². The second-order valence-electron chi connectivity index (χ2n) is 6.01. The van der Waals surface area contributed by atoms with E-state index in [9.17, 15) is 13.2 Å². The highest BCUT2D eigenvalue weighted by atomic mass is 32.2. The average molecular weight is 324 g/mol. The summed E-state index contributed by atoms with van der Waals surface area (Å²) < 4.78 is 27.0. The molecule has 1 fully saturated rings. The second kappa shape index (κ2) is 7.24. The van der Waals surface area contributed by atoms with Crippen molar-refractivity contribution in [2.24, 2.45) is 0 Å². The highest BCUT2D eigenvalue weighted by Gasteiger charge is 2.20. The molecule has 0 aliphatic carbocycles. The first-order valence-electron chi connectivity index (χ1n) is 7.82. The fourth-order valence-electron chi connectivity index (χ4n) is 2.63. The van der Waals surface area contributed by atoms with Crippen molar-refractivity contribution >= 4 is 15.9 Å². The van der Waals surface area contributed by atoms with Crippen molar-refractivity contribution in [1.29, 1.82) is 0 Å². The number of nitrogens with one attached hydrogen (secondary N) is 1. The first kappa shape index (κ1) is 17.0. The molecule has 0 atom stereocenters. The monoisotopic (exact) mass is 324 g/mol. The van der Waals surface area contributed by atoms with Crippen LogP contribution in [0.15, 0.2) is 29.2 Å². The van der Waals surface area contributed by atoms with Crippen LogP contribution in [0.2, 0.25) is 0 Å². The van der Waals surface area contributed by atoms with Gasteiger partial charge in [-0.15, -0.1) is 0 Å². The Morgan fingerprint density at radius 2 is 1.77 bits per heavy atom. The lowest BCUT2D eigenvalue weighted by Crippen LogP contribution is -2.33. The van der Waals surface area contributed by atoms with Gasteiger partial charge in [0.2, 0.25) is 10.0 Å². The summed E-state index contributed by atoms with van der Waals surface area (Å²) in [4.78, 5) is 14.5. The lowest BCUT2D eigenvalue weighted by molar-refractivity contribution is 0.0761. The average Bonchev–Trinajstić information content (AvgIpc) is 2.74. The zero-order valence-corrected chi connectivity index (χ0v) is 14.0. The van der Waals surface area contributed by atoms with Crippen LogP contribution < -0.4 is 4.72 Å². The fourth-order valence-corrected chi connectivity index (χ4v) is 3.93. The van der Waals surface area contributed by atoms with E-state index in [1.54, 1.807) is 26.0 Å². The Bertz CT molecular complexity index is 618. The molecular weight excluding hydrogens is 300 g/mol. The third-order valence-corrected chi connectivity index (χ3v) is 5.33. The molecule has 2 rings (SSSR count). The molecular formula is C16H24N2O3S. The van der Waals surface area contributed by atoms with Crippen LogP contribution >= 0.6 is 0 Å². The molecule has 1 amide bonds. The SMILES string of the molecule is CC(C)NS(=O)(=O)c1cccc(C(=O)N2CCCCCC2)c1. The largest absolute Gasteiger partial charge is 0.339 e. The summed E-state index contributed by atoms with van der Waals surface area (Å²) in [7, 11) is -3.57. The Morgan fingerprint density at radius 3 is 2.36 bits per heavy atom. The van der Waals surface area contributed by atoms with E-state index in [1.165, 1.54) is 12.1 Å². The highest BCUT2D eigenvalue weighted by molar-refractivity contribution is 7.89. The number of nitrogens with zero attached hydrogens (tertiary/aromatic N) is 1. The van der Waals surface area contributed by atoms with Gasteiger partial charge >= 0.3 is 0 Å². The molecule has 0 radical (unpaired) electrons. The summed E-state index contributed by atoms with van der Waals surface area (Å²) in [6.07, 6.45) is 4.32. The topological polar surface area (TPSA) is 66.5 Å². The van der Waals surface area contributed by atoms with Crippen LogP contribution in [-0.4, -0.2) is 38.4 Å². The minimum Gasteiger partial charge on any atom is -0.339 e. The third kappa shape index (κ3) is 4.30. The maximum Gasteiger partial charge on any atom is 0.253 e. The zero-order chi connectivity index (χ0) is 16.2. The van der Waals surface area contributed by atoms with Crippen LogP contribution in [0.4, 0.5) is 0 Å². The molecule has 5 nitrogen and oxygen atoms in total. The minimum absolute atomic E-state index is 0.0801. The standard InChI is InChI=1S/C16H24N2O3S/c1-13(2)17-22(20,21)15-9-7-8-14(12-15)16(19)18-10-5-3-4-6-11-18/h7-9,12-13,17H,3-6,10-11H2,1-2H3. The smallest absolute Gasteiger partial charge is 0.253 e. The lowest BCUT2D eigenvalue weighted by atomic mass is 10.2. The van der Waals surface area contributed by atoms with Crippen molar-refractivity contribution in [2.75, 3.05) is 13.1 Å². The normalized spacial score (nSPS) is 16.6. The molecule has 1 aliphatic rings. The number of likely N-dealkylation sites (tertiary alicyclic amines) is 1. The van der Waals surface area contributed by atoms with Gasteiger partial charge in [0, 0.05) is 24.7 Å². The first-order chi connectivity index (χ1) is 10.4. The summed E-state index contributed by atoms with van der Waals surface area (Å²) in [5.74, 6) is -0.0801. The maximum absolute atomic E-state index is 12.6. The lowest BCUT2D eigenvalue weighted by Gasteiger charge is -2.20. The van der Waals surface area contributed by atoms with Gasteiger partial charge in [-0.25, -0.2) is 13.1 Å². The molecule has 22 heavy (non-hydrogen) atoms. The van der Waals surface area contributed by atoms with E-state index >= 15 is 0 Å². The summed E-state index contributed by atoms with van der Waals surface area (Å²) in [6.45, 7) is 5.04. The Labute approximate surface area is 132 Å². The molecule has 0 spiro atoms. The van der Waals surface area contributed by atoms with Crippen LogP contribution in [0.3, 0.4) is 0 Å². The van der Waals surface area contributed by atoms with Gasteiger partial charge in [-0.05, 0) is 44.9 Å². The molecule has 1 heterocycles.